The zero-order valence-electron chi connectivity index (χ0n) is 19.5. The molecule has 1 fully saturated rings. The van der Waals surface area contributed by atoms with Gasteiger partial charge in [-0.05, 0) is 42.3 Å². The largest absolute Gasteiger partial charge is 0.369 e. The number of nitrogens with zero attached hydrogens (tertiary/aromatic N) is 4. The quantitative estimate of drug-likeness (QED) is 0.579. The van der Waals surface area contributed by atoms with E-state index in [1.165, 1.54) is 5.69 Å². The zero-order chi connectivity index (χ0) is 22.8. The van der Waals surface area contributed by atoms with Gasteiger partial charge in [-0.1, -0.05) is 66.7 Å². The van der Waals surface area contributed by atoms with Crippen LogP contribution in [0.5, 0.6) is 0 Å². The van der Waals surface area contributed by atoms with Crippen molar-refractivity contribution in [2.45, 2.75) is 11.8 Å². The summed E-state index contributed by atoms with van der Waals surface area (Å²) in [6.07, 6.45) is 0.766. The Balaban J connectivity index is 1.41. The standard InChI is InChI=1S/C28H32N4O/c1-29(2)32-26-16-10-9-15-25(26)28(27(32)33,23-11-5-3-6-12-23)17-18-30-19-21-31(22-20-30)24-13-7-4-8-14-24/h3-16H,17-22H2,1-2H3. The van der Waals surface area contributed by atoms with E-state index in [-0.39, 0.29) is 5.91 Å². The summed E-state index contributed by atoms with van der Waals surface area (Å²) in [7, 11) is 3.89. The minimum Gasteiger partial charge on any atom is -0.369 e. The van der Waals surface area contributed by atoms with E-state index in [1.807, 2.05) is 48.4 Å². The van der Waals surface area contributed by atoms with E-state index in [0.717, 1.165) is 56.0 Å². The second kappa shape index (κ2) is 9.00. The number of carbonyl (C=O) groups excluding carboxylic acids is 1. The van der Waals surface area contributed by atoms with Crippen molar-refractivity contribution in [1.82, 2.24) is 9.91 Å². The summed E-state index contributed by atoms with van der Waals surface area (Å²) in [4.78, 5) is 19.1. The van der Waals surface area contributed by atoms with Crippen molar-refractivity contribution in [2.75, 3.05) is 56.7 Å². The molecule has 0 aromatic heterocycles. The van der Waals surface area contributed by atoms with Gasteiger partial charge in [0.25, 0.3) is 5.91 Å². The number of rotatable bonds is 6. The fourth-order valence-corrected chi connectivity index (χ4v) is 5.40. The lowest BCUT2D eigenvalue weighted by Gasteiger charge is -2.38. The molecule has 1 unspecified atom stereocenters. The van der Waals surface area contributed by atoms with Crippen LogP contribution in [0.25, 0.3) is 0 Å². The van der Waals surface area contributed by atoms with Crippen molar-refractivity contribution in [3.05, 3.63) is 96.1 Å². The van der Waals surface area contributed by atoms with Gasteiger partial charge in [0.15, 0.2) is 0 Å². The van der Waals surface area contributed by atoms with Gasteiger partial charge >= 0.3 is 0 Å². The molecule has 3 aromatic carbocycles. The Bertz CT molecular complexity index is 1090. The molecule has 2 heterocycles. The van der Waals surface area contributed by atoms with Crippen LogP contribution in [0.3, 0.4) is 0 Å². The molecule has 0 spiro atoms. The molecular formula is C28H32N4O. The number of fused-ring (bicyclic) bond motifs is 1. The van der Waals surface area contributed by atoms with Gasteiger partial charge in [-0.3, -0.25) is 9.69 Å². The van der Waals surface area contributed by atoms with Crippen molar-refractivity contribution < 1.29 is 4.79 Å². The fourth-order valence-electron chi connectivity index (χ4n) is 5.40. The van der Waals surface area contributed by atoms with Crippen LogP contribution in [0.4, 0.5) is 11.4 Å². The van der Waals surface area contributed by atoms with E-state index in [0.29, 0.717) is 0 Å². The number of para-hydroxylation sites is 2. The average Bonchev–Trinajstić information content (AvgIpc) is 3.12. The van der Waals surface area contributed by atoms with Crippen LogP contribution in [0, 0.1) is 0 Å². The molecule has 3 aromatic rings. The number of anilines is 2. The minimum atomic E-state index is -0.668. The Morgan fingerprint density at radius 3 is 2.06 bits per heavy atom. The summed E-state index contributed by atoms with van der Waals surface area (Å²) >= 11 is 0. The van der Waals surface area contributed by atoms with Gasteiger partial charge in [-0.25, -0.2) is 10.0 Å². The third-order valence-corrected chi connectivity index (χ3v) is 7.11. The molecule has 5 heteroatoms. The van der Waals surface area contributed by atoms with Crippen molar-refractivity contribution >= 4 is 17.3 Å². The molecule has 33 heavy (non-hydrogen) atoms. The summed E-state index contributed by atoms with van der Waals surface area (Å²) in [6.45, 7) is 4.92. The second-order valence-corrected chi connectivity index (χ2v) is 9.17. The first-order valence-electron chi connectivity index (χ1n) is 11.8. The third kappa shape index (κ3) is 3.81. The van der Waals surface area contributed by atoms with Gasteiger partial charge in [-0.2, -0.15) is 0 Å². The smallest absolute Gasteiger partial charge is 0.256 e. The molecule has 2 aliphatic rings. The summed E-state index contributed by atoms with van der Waals surface area (Å²) < 4.78 is 0. The first-order valence-corrected chi connectivity index (χ1v) is 11.8. The molecule has 5 rings (SSSR count). The Hall–Kier alpha value is -3.15. The average molecular weight is 441 g/mol. The highest BCUT2D eigenvalue weighted by Crippen LogP contribution is 2.48. The molecule has 1 amide bonds. The van der Waals surface area contributed by atoms with Gasteiger partial charge in [0.2, 0.25) is 0 Å². The van der Waals surface area contributed by atoms with E-state index >= 15 is 0 Å². The summed E-state index contributed by atoms with van der Waals surface area (Å²) in [5.74, 6) is 0.142. The molecule has 0 aliphatic carbocycles. The second-order valence-electron chi connectivity index (χ2n) is 9.17. The lowest BCUT2D eigenvalue weighted by Crippen LogP contribution is -2.50. The number of benzene rings is 3. The van der Waals surface area contributed by atoms with Crippen molar-refractivity contribution in [3.8, 4) is 0 Å². The van der Waals surface area contributed by atoms with Crippen LogP contribution in [0.15, 0.2) is 84.9 Å². The van der Waals surface area contributed by atoms with Crippen LogP contribution in [-0.4, -0.2) is 62.6 Å². The summed E-state index contributed by atoms with van der Waals surface area (Å²) in [5, 5.41) is 3.75. The predicted octanol–water partition coefficient (Wildman–Crippen LogP) is 4.01. The monoisotopic (exact) mass is 440 g/mol. The van der Waals surface area contributed by atoms with E-state index in [2.05, 4.69) is 70.5 Å². The highest BCUT2D eigenvalue weighted by atomic mass is 16.2. The Morgan fingerprint density at radius 1 is 0.788 bits per heavy atom. The van der Waals surface area contributed by atoms with Crippen LogP contribution in [0.2, 0.25) is 0 Å². The molecular weight excluding hydrogens is 408 g/mol. The molecule has 0 radical (unpaired) electrons. The minimum absolute atomic E-state index is 0.142. The Morgan fingerprint density at radius 2 is 1.39 bits per heavy atom. The van der Waals surface area contributed by atoms with Gasteiger partial charge in [0.05, 0.1) is 5.69 Å². The van der Waals surface area contributed by atoms with Gasteiger partial charge < -0.3 is 4.90 Å². The zero-order valence-corrected chi connectivity index (χ0v) is 19.5. The Labute approximate surface area is 196 Å². The maximum atomic E-state index is 14.1. The van der Waals surface area contributed by atoms with Gasteiger partial charge in [0, 0.05) is 46.0 Å². The molecule has 1 saturated heterocycles. The molecule has 1 atom stereocenters. The highest BCUT2D eigenvalue weighted by molar-refractivity contribution is 6.09. The molecule has 0 saturated carbocycles. The highest BCUT2D eigenvalue weighted by Gasteiger charge is 2.52. The number of hydrogen-bond donors (Lipinski definition) is 0. The maximum absolute atomic E-state index is 14.1. The third-order valence-electron chi connectivity index (χ3n) is 7.11. The van der Waals surface area contributed by atoms with Gasteiger partial charge in [-0.15, -0.1) is 0 Å². The molecule has 0 bridgehead atoms. The first-order chi connectivity index (χ1) is 16.1. The normalized spacial score (nSPS) is 21.0. The lowest BCUT2D eigenvalue weighted by atomic mass is 9.72. The Kier molecular flexibility index (Phi) is 5.92. The molecule has 5 nitrogen and oxygen atoms in total. The predicted molar refractivity (Wildman–Crippen MR) is 135 cm³/mol. The SMILES string of the molecule is CN(C)N1C(=O)C(CCN2CCN(c3ccccc3)CC2)(c2ccccc2)c2ccccc21. The number of amides is 1. The molecule has 2 aliphatic heterocycles. The van der Waals surface area contributed by atoms with E-state index < -0.39 is 5.41 Å². The van der Waals surface area contributed by atoms with Crippen molar-refractivity contribution in [1.29, 1.82) is 0 Å². The number of hydrazine groups is 1. The van der Waals surface area contributed by atoms with E-state index in [9.17, 15) is 4.79 Å². The van der Waals surface area contributed by atoms with Crippen molar-refractivity contribution in [3.63, 3.8) is 0 Å². The maximum Gasteiger partial charge on any atom is 0.256 e. The summed E-state index contributed by atoms with van der Waals surface area (Å²) in [6, 6.07) is 29.3. The van der Waals surface area contributed by atoms with Crippen molar-refractivity contribution in [2.24, 2.45) is 0 Å². The van der Waals surface area contributed by atoms with Gasteiger partial charge in [0.1, 0.15) is 5.41 Å². The van der Waals surface area contributed by atoms with Crippen LogP contribution < -0.4 is 9.91 Å². The lowest BCUT2D eigenvalue weighted by molar-refractivity contribution is -0.124. The fraction of sp³-hybridized carbons (Fsp3) is 0.321. The molecule has 170 valence electrons. The van der Waals surface area contributed by atoms with E-state index in [4.69, 9.17) is 0 Å². The number of hydrogen-bond acceptors (Lipinski definition) is 4. The van der Waals surface area contributed by atoms with Crippen LogP contribution in [-0.2, 0) is 10.2 Å². The number of carbonyl (C=O) groups is 1. The van der Waals surface area contributed by atoms with Crippen LogP contribution in [0.1, 0.15) is 17.5 Å². The summed E-state index contributed by atoms with van der Waals surface area (Å²) in [5.41, 5.74) is 3.80. The van der Waals surface area contributed by atoms with E-state index in [1.54, 1.807) is 0 Å². The number of piperazine rings is 1. The van der Waals surface area contributed by atoms with Crippen LogP contribution >= 0.6 is 0 Å². The first kappa shape index (κ1) is 21.7. The molecule has 0 N–H and O–H groups in total. The topological polar surface area (TPSA) is 30.0 Å².